The summed E-state index contributed by atoms with van der Waals surface area (Å²) < 4.78 is 10.1. The summed E-state index contributed by atoms with van der Waals surface area (Å²) in [6.45, 7) is 8.23. The first-order chi connectivity index (χ1) is 7.16. The molecule has 0 bridgehead atoms. The minimum absolute atomic E-state index is 0.289. The highest BCUT2D eigenvalue weighted by atomic mass is 16.5. The van der Waals surface area contributed by atoms with Gasteiger partial charge < -0.3 is 14.8 Å². The predicted molar refractivity (Wildman–Crippen MR) is 59.8 cm³/mol. The van der Waals surface area contributed by atoms with Gasteiger partial charge in [-0.2, -0.15) is 0 Å². The van der Waals surface area contributed by atoms with Crippen LogP contribution in [0.25, 0.3) is 0 Å². The molecule has 0 heterocycles. The molecule has 0 saturated heterocycles. The first-order valence-corrected chi connectivity index (χ1v) is 5.30. The lowest BCUT2D eigenvalue weighted by Crippen LogP contribution is -2.23. The summed E-state index contributed by atoms with van der Waals surface area (Å²) in [5, 5.41) is 2.54. The van der Waals surface area contributed by atoms with E-state index in [0.717, 1.165) is 6.61 Å². The quantitative estimate of drug-likeness (QED) is 0.521. The van der Waals surface area contributed by atoms with Gasteiger partial charge in [-0.25, -0.2) is 4.79 Å². The normalized spacial score (nSPS) is 10.9. The van der Waals surface area contributed by atoms with E-state index in [1.165, 1.54) is 0 Å². The molecule has 1 amide bonds. The van der Waals surface area contributed by atoms with Crippen LogP contribution in [-0.4, -0.2) is 32.5 Å². The van der Waals surface area contributed by atoms with Crippen molar-refractivity contribution >= 4 is 6.09 Å². The third-order valence-electron chi connectivity index (χ3n) is 1.46. The number of carbonyl (C=O) groups is 1. The molecule has 0 fully saturated rings. The zero-order valence-electron chi connectivity index (χ0n) is 9.79. The molecule has 0 aromatic heterocycles. The van der Waals surface area contributed by atoms with Crippen LogP contribution in [0, 0.1) is 5.92 Å². The van der Waals surface area contributed by atoms with Gasteiger partial charge in [0.2, 0.25) is 0 Å². The second-order valence-corrected chi connectivity index (χ2v) is 3.53. The number of alkyl carbamates (subject to hydrolysis) is 1. The molecule has 15 heavy (non-hydrogen) atoms. The van der Waals surface area contributed by atoms with Gasteiger partial charge in [-0.1, -0.05) is 19.9 Å². The Labute approximate surface area is 91.6 Å². The summed E-state index contributed by atoms with van der Waals surface area (Å²) in [6.07, 6.45) is 3.24. The first-order valence-electron chi connectivity index (χ1n) is 5.30. The smallest absolute Gasteiger partial charge is 0.407 e. The van der Waals surface area contributed by atoms with E-state index in [1.807, 2.05) is 13.0 Å². The number of nitrogens with one attached hydrogen (secondary N) is 1. The largest absolute Gasteiger partial charge is 0.445 e. The van der Waals surface area contributed by atoms with Crippen molar-refractivity contribution < 1.29 is 14.3 Å². The van der Waals surface area contributed by atoms with Crippen molar-refractivity contribution in [2.75, 3.05) is 26.4 Å². The van der Waals surface area contributed by atoms with Crippen LogP contribution >= 0.6 is 0 Å². The Kier molecular flexibility index (Phi) is 8.87. The van der Waals surface area contributed by atoms with Crippen molar-refractivity contribution in [3.63, 3.8) is 0 Å². The van der Waals surface area contributed by atoms with Crippen molar-refractivity contribution in [2.24, 2.45) is 5.92 Å². The molecule has 0 aliphatic carbocycles. The topological polar surface area (TPSA) is 47.6 Å². The Morgan fingerprint density at radius 2 is 2.00 bits per heavy atom. The summed E-state index contributed by atoms with van der Waals surface area (Å²) >= 11 is 0. The summed E-state index contributed by atoms with van der Waals surface area (Å²) in [4.78, 5) is 10.8. The van der Waals surface area contributed by atoms with Crippen LogP contribution in [0.4, 0.5) is 4.79 Å². The fraction of sp³-hybridized carbons (Fsp3) is 0.727. The van der Waals surface area contributed by atoms with Crippen LogP contribution < -0.4 is 5.32 Å². The van der Waals surface area contributed by atoms with E-state index in [9.17, 15) is 4.79 Å². The van der Waals surface area contributed by atoms with Crippen LogP contribution in [0.1, 0.15) is 20.8 Å². The molecule has 1 N–H and O–H groups in total. The average molecular weight is 215 g/mol. The van der Waals surface area contributed by atoms with Gasteiger partial charge in [0.15, 0.2) is 0 Å². The molecule has 0 saturated carbocycles. The molecule has 0 aromatic carbocycles. The van der Waals surface area contributed by atoms with E-state index in [2.05, 4.69) is 19.2 Å². The Bertz CT molecular complexity index is 190. The van der Waals surface area contributed by atoms with Gasteiger partial charge in [0.1, 0.15) is 6.61 Å². The van der Waals surface area contributed by atoms with E-state index >= 15 is 0 Å². The highest BCUT2D eigenvalue weighted by Gasteiger charge is 1.95. The first kappa shape index (κ1) is 14.0. The third kappa shape index (κ3) is 10.9. The summed E-state index contributed by atoms with van der Waals surface area (Å²) in [5.74, 6) is 0.546. The molecule has 0 rings (SSSR count). The second kappa shape index (κ2) is 9.52. The van der Waals surface area contributed by atoms with E-state index < -0.39 is 0 Å². The lowest BCUT2D eigenvalue weighted by molar-refractivity contribution is 0.133. The van der Waals surface area contributed by atoms with Gasteiger partial charge in [0, 0.05) is 13.2 Å². The number of amides is 1. The van der Waals surface area contributed by atoms with Crippen LogP contribution in [0.2, 0.25) is 0 Å². The van der Waals surface area contributed by atoms with Gasteiger partial charge in [-0.05, 0) is 18.9 Å². The van der Waals surface area contributed by atoms with E-state index in [1.54, 1.807) is 6.08 Å². The Morgan fingerprint density at radius 1 is 1.33 bits per heavy atom. The van der Waals surface area contributed by atoms with Crippen molar-refractivity contribution in [3.8, 4) is 0 Å². The van der Waals surface area contributed by atoms with Crippen molar-refractivity contribution in [2.45, 2.75) is 20.8 Å². The standard InChI is InChI=1S/C11H21NO3/c1-4-12-11(13)15-8-6-5-7-14-9-10(2)3/h5-6,10H,4,7-9H2,1-3H3,(H,12,13)/b6-5-. The maximum atomic E-state index is 10.8. The van der Waals surface area contributed by atoms with Gasteiger partial charge >= 0.3 is 6.09 Å². The molecule has 88 valence electrons. The lowest BCUT2D eigenvalue weighted by Gasteiger charge is -2.03. The summed E-state index contributed by atoms with van der Waals surface area (Å²) in [5.41, 5.74) is 0. The Hall–Kier alpha value is -1.03. The van der Waals surface area contributed by atoms with Gasteiger partial charge in [-0.3, -0.25) is 0 Å². The molecule has 0 aliphatic rings. The Balaban J connectivity index is 3.27. The fourth-order valence-corrected chi connectivity index (χ4v) is 0.827. The minimum atomic E-state index is -0.384. The molecule has 4 heteroatoms. The Morgan fingerprint density at radius 3 is 2.60 bits per heavy atom. The van der Waals surface area contributed by atoms with Crippen molar-refractivity contribution in [3.05, 3.63) is 12.2 Å². The molecule has 0 atom stereocenters. The van der Waals surface area contributed by atoms with Crippen LogP contribution in [0.15, 0.2) is 12.2 Å². The van der Waals surface area contributed by atoms with E-state index in [4.69, 9.17) is 9.47 Å². The number of rotatable bonds is 7. The fourth-order valence-electron chi connectivity index (χ4n) is 0.827. The second-order valence-electron chi connectivity index (χ2n) is 3.53. The number of hydrogen-bond donors (Lipinski definition) is 1. The molecular weight excluding hydrogens is 194 g/mol. The predicted octanol–water partition coefficient (Wildman–Crippen LogP) is 1.96. The van der Waals surface area contributed by atoms with Crippen LogP contribution in [0.5, 0.6) is 0 Å². The van der Waals surface area contributed by atoms with E-state index in [0.29, 0.717) is 19.1 Å². The number of ether oxygens (including phenoxy) is 2. The maximum Gasteiger partial charge on any atom is 0.407 e. The molecule has 0 unspecified atom stereocenters. The monoisotopic (exact) mass is 215 g/mol. The van der Waals surface area contributed by atoms with Gasteiger partial charge in [0.05, 0.1) is 6.61 Å². The summed E-state index contributed by atoms with van der Waals surface area (Å²) in [7, 11) is 0. The molecule has 0 aromatic rings. The maximum absolute atomic E-state index is 10.8. The van der Waals surface area contributed by atoms with Crippen molar-refractivity contribution in [1.82, 2.24) is 5.32 Å². The minimum Gasteiger partial charge on any atom is -0.445 e. The molecular formula is C11H21NO3. The highest BCUT2D eigenvalue weighted by Crippen LogP contribution is 1.92. The molecule has 0 aliphatic heterocycles. The van der Waals surface area contributed by atoms with Crippen LogP contribution in [-0.2, 0) is 9.47 Å². The third-order valence-corrected chi connectivity index (χ3v) is 1.46. The summed E-state index contributed by atoms with van der Waals surface area (Å²) in [6, 6.07) is 0. The number of hydrogen-bond acceptors (Lipinski definition) is 3. The van der Waals surface area contributed by atoms with Crippen LogP contribution in [0.3, 0.4) is 0 Å². The molecule has 0 spiro atoms. The zero-order valence-corrected chi connectivity index (χ0v) is 9.79. The zero-order chi connectivity index (χ0) is 11.5. The average Bonchev–Trinajstić information content (AvgIpc) is 2.16. The molecule has 4 nitrogen and oxygen atoms in total. The van der Waals surface area contributed by atoms with Gasteiger partial charge in [0.25, 0.3) is 0 Å². The van der Waals surface area contributed by atoms with E-state index in [-0.39, 0.29) is 12.7 Å². The highest BCUT2D eigenvalue weighted by molar-refractivity contribution is 5.67. The van der Waals surface area contributed by atoms with Gasteiger partial charge in [-0.15, -0.1) is 0 Å². The lowest BCUT2D eigenvalue weighted by atomic mass is 10.2. The molecule has 0 radical (unpaired) electrons. The van der Waals surface area contributed by atoms with Crippen molar-refractivity contribution in [1.29, 1.82) is 0 Å². The SMILES string of the molecule is CCNC(=O)OC/C=C\COCC(C)C. The number of carbonyl (C=O) groups excluding carboxylic acids is 1.